The third-order valence-corrected chi connectivity index (χ3v) is 3.56. The van der Waals surface area contributed by atoms with Crippen LogP contribution < -0.4 is 0 Å². The van der Waals surface area contributed by atoms with Gasteiger partial charge < -0.3 is 14.6 Å². The van der Waals surface area contributed by atoms with Crippen LogP contribution in [0.4, 0.5) is 0 Å². The maximum Gasteiger partial charge on any atom is 0.337 e. The van der Waals surface area contributed by atoms with E-state index in [0.717, 1.165) is 17.9 Å². The Hall–Kier alpha value is -1.29. The highest BCUT2D eigenvalue weighted by atomic mass is 16.4. The van der Waals surface area contributed by atoms with E-state index in [2.05, 4.69) is 23.3 Å². The number of likely N-dealkylation sites (N-methyl/N-ethyl adjacent to an activating group) is 1. The van der Waals surface area contributed by atoms with Gasteiger partial charge in [0.2, 0.25) is 0 Å². The van der Waals surface area contributed by atoms with Gasteiger partial charge in [0.1, 0.15) is 0 Å². The summed E-state index contributed by atoms with van der Waals surface area (Å²) in [6, 6.07) is 1.74. The standard InChI is InChI=1S/C13H22N2O2/c1-9-7-11(12(16)17)10(2)15(9)8-13(3,4)14(5)6/h7H,8H2,1-6H3,(H,16,17). The molecule has 1 N–H and O–H groups in total. The molecule has 0 aliphatic carbocycles. The van der Waals surface area contributed by atoms with Crippen LogP contribution in [0.25, 0.3) is 0 Å². The minimum absolute atomic E-state index is 0.00961. The predicted molar refractivity (Wildman–Crippen MR) is 68.6 cm³/mol. The SMILES string of the molecule is Cc1cc(C(=O)O)c(C)n1CC(C)(C)N(C)C. The largest absolute Gasteiger partial charge is 0.478 e. The van der Waals surface area contributed by atoms with Crippen molar-refractivity contribution in [3.05, 3.63) is 23.0 Å². The van der Waals surface area contributed by atoms with Gasteiger partial charge in [0.15, 0.2) is 0 Å². The Labute approximate surface area is 103 Å². The highest BCUT2D eigenvalue weighted by Crippen LogP contribution is 2.20. The molecule has 0 saturated carbocycles. The number of aromatic nitrogens is 1. The summed E-state index contributed by atoms with van der Waals surface area (Å²) in [7, 11) is 4.07. The maximum absolute atomic E-state index is 11.1. The number of carbonyl (C=O) groups is 1. The number of nitrogens with zero attached hydrogens (tertiary/aromatic N) is 2. The molecule has 0 saturated heterocycles. The molecule has 96 valence electrons. The third kappa shape index (κ3) is 2.69. The molecular weight excluding hydrogens is 216 g/mol. The van der Waals surface area contributed by atoms with Gasteiger partial charge in [0.25, 0.3) is 0 Å². The number of rotatable bonds is 4. The first-order chi connectivity index (χ1) is 7.66. The summed E-state index contributed by atoms with van der Waals surface area (Å²) in [5, 5.41) is 9.09. The van der Waals surface area contributed by atoms with E-state index in [1.54, 1.807) is 6.07 Å². The molecule has 1 heterocycles. The molecule has 0 aliphatic rings. The normalized spacial score (nSPS) is 12.2. The fraction of sp³-hybridized carbons (Fsp3) is 0.615. The zero-order valence-electron chi connectivity index (χ0n) is 11.5. The van der Waals surface area contributed by atoms with E-state index in [9.17, 15) is 4.79 Å². The van der Waals surface area contributed by atoms with E-state index in [-0.39, 0.29) is 5.54 Å². The van der Waals surface area contributed by atoms with Crippen molar-refractivity contribution in [3.8, 4) is 0 Å². The first kappa shape index (κ1) is 13.8. The van der Waals surface area contributed by atoms with Crippen molar-refractivity contribution in [1.82, 2.24) is 9.47 Å². The van der Waals surface area contributed by atoms with Crippen LogP contribution in [0, 0.1) is 13.8 Å². The zero-order chi connectivity index (χ0) is 13.4. The second kappa shape index (κ2) is 4.53. The van der Waals surface area contributed by atoms with Crippen LogP contribution in [0.2, 0.25) is 0 Å². The molecule has 17 heavy (non-hydrogen) atoms. The summed E-state index contributed by atoms with van der Waals surface area (Å²) in [6.45, 7) is 8.89. The summed E-state index contributed by atoms with van der Waals surface area (Å²) < 4.78 is 2.07. The van der Waals surface area contributed by atoms with Crippen molar-refractivity contribution in [3.63, 3.8) is 0 Å². The molecule has 0 atom stereocenters. The molecule has 4 nitrogen and oxygen atoms in total. The van der Waals surface area contributed by atoms with Crippen molar-refractivity contribution in [1.29, 1.82) is 0 Å². The summed E-state index contributed by atoms with van der Waals surface area (Å²) >= 11 is 0. The molecule has 0 aromatic carbocycles. The van der Waals surface area contributed by atoms with Crippen molar-refractivity contribution in [2.24, 2.45) is 0 Å². The highest BCUT2D eigenvalue weighted by molar-refractivity contribution is 5.89. The van der Waals surface area contributed by atoms with Crippen LogP contribution in [0.15, 0.2) is 6.07 Å². The Morgan fingerprint density at radius 3 is 2.29 bits per heavy atom. The molecule has 1 rings (SSSR count). The molecule has 0 aliphatic heterocycles. The molecular formula is C13H22N2O2. The van der Waals surface area contributed by atoms with E-state index < -0.39 is 5.97 Å². The maximum atomic E-state index is 11.1. The lowest BCUT2D eigenvalue weighted by molar-refractivity contribution is 0.0695. The van der Waals surface area contributed by atoms with Gasteiger partial charge >= 0.3 is 5.97 Å². The number of carboxylic acids is 1. The minimum atomic E-state index is -0.855. The number of aryl methyl sites for hydroxylation is 1. The van der Waals surface area contributed by atoms with E-state index in [0.29, 0.717) is 5.56 Å². The Kier molecular flexibility index (Phi) is 3.67. The number of carboxylic acid groups (broad SMARTS) is 1. The van der Waals surface area contributed by atoms with Crippen LogP contribution in [-0.2, 0) is 6.54 Å². The molecule has 0 spiro atoms. The molecule has 0 unspecified atom stereocenters. The Morgan fingerprint density at radius 1 is 1.41 bits per heavy atom. The Bertz CT molecular complexity index is 431. The van der Waals surface area contributed by atoms with Crippen molar-refractivity contribution in [2.45, 2.75) is 39.8 Å². The average Bonchev–Trinajstić information content (AvgIpc) is 2.45. The molecule has 1 aromatic rings. The molecule has 0 amide bonds. The van der Waals surface area contributed by atoms with Gasteiger partial charge in [-0.3, -0.25) is 0 Å². The second-order valence-corrected chi connectivity index (χ2v) is 5.38. The van der Waals surface area contributed by atoms with E-state index in [1.807, 2.05) is 27.9 Å². The fourth-order valence-electron chi connectivity index (χ4n) is 1.79. The first-order valence-corrected chi connectivity index (χ1v) is 5.74. The van der Waals surface area contributed by atoms with Crippen LogP contribution in [0.5, 0.6) is 0 Å². The minimum Gasteiger partial charge on any atom is -0.478 e. The van der Waals surface area contributed by atoms with Crippen LogP contribution in [-0.4, -0.2) is 40.2 Å². The number of hydrogen-bond donors (Lipinski definition) is 1. The molecule has 0 fully saturated rings. The summed E-state index contributed by atoms with van der Waals surface area (Å²) in [5.41, 5.74) is 2.21. The van der Waals surface area contributed by atoms with Crippen molar-refractivity contribution >= 4 is 5.97 Å². The highest BCUT2D eigenvalue weighted by Gasteiger charge is 2.24. The zero-order valence-corrected chi connectivity index (χ0v) is 11.5. The lowest BCUT2D eigenvalue weighted by atomic mass is 10.0. The van der Waals surface area contributed by atoms with Gasteiger partial charge in [-0.15, -0.1) is 0 Å². The van der Waals surface area contributed by atoms with Gasteiger partial charge in [-0.2, -0.15) is 0 Å². The topological polar surface area (TPSA) is 45.5 Å². The third-order valence-electron chi connectivity index (χ3n) is 3.56. The van der Waals surface area contributed by atoms with Gasteiger partial charge in [0.05, 0.1) is 5.56 Å². The van der Waals surface area contributed by atoms with E-state index in [4.69, 9.17) is 5.11 Å². The first-order valence-electron chi connectivity index (χ1n) is 5.74. The molecule has 0 radical (unpaired) electrons. The van der Waals surface area contributed by atoms with E-state index >= 15 is 0 Å². The average molecular weight is 238 g/mol. The molecule has 4 heteroatoms. The van der Waals surface area contributed by atoms with Crippen LogP contribution >= 0.6 is 0 Å². The van der Waals surface area contributed by atoms with Gasteiger partial charge in [0, 0.05) is 23.5 Å². The Balaban J connectivity index is 3.12. The van der Waals surface area contributed by atoms with Gasteiger partial charge in [-0.25, -0.2) is 4.79 Å². The van der Waals surface area contributed by atoms with Gasteiger partial charge in [-0.1, -0.05) is 0 Å². The van der Waals surface area contributed by atoms with Gasteiger partial charge in [-0.05, 0) is 47.9 Å². The summed E-state index contributed by atoms with van der Waals surface area (Å²) in [6.07, 6.45) is 0. The monoisotopic (exact) mass is 238 g/mol. The van der Waals surface area contributed by atoms with Crippen molar-refractivity contribution < 1.29 is 9.90 Å². The number of hydrogen-bond acceptors (Lipinski definition) is 2. The number of aromatic carboxylic acids is 1. The Morgan fingerprint density at radius 2 is 1.94 bits per heavy atom. The molecule has 1 aromatic heterocycles. The lowest BCUT2D eigenvalue weighted by Gasteiger charge is -2.34. The molecule has 0 bridgehead atoms. The summed E-state index contributed by atoms with van der Waals surface area (Å²) in [4.78, 5) is 13.2. The smallest absolute Gasteiger partial charge is 0.337 e. The quantitative estimate of drug-likeness (QED) is 0.874. The summed E-state index contributed by atoms with van der Waals surface area (Å²) in [5.74, 6) is -0.855. The van der Waals surface area contributed by atoms with Crippen LogP contribution in [0.1, 0.15) is 35.6 Å². The second-order valence-electron chi connectivity index (χ2n) is 5.38. The lowest BCUT2D eigenvalue weighted by Crippen LogP contribution is -2.42. The van der Waals surface area contributed by atoms with Crippen molar-refractivity contribution in [2.75, 3.05) is 14.1 Å². The van der Waals surface area contributed by atoms with Crippen LogP contribution in [0.3, 0.4) is 0 Å². The predicted octanol–water partition coefficient (Wildman–Crippen LogP) is 2.14. The fourth-order valence-corrected chi connectivity index (χ4v) is 1.79. The van der Waals surface area contributed by atoms with E-state index in [1.165, 1.54) is 0 Å².